The van der Waals surface area contributed by atoms with Gasteiger partial charge < -0.3 is 18.9 Å². The summed E-state index contributed by atoms with van der Waals surface area (Å²) < 4.78 is 88.1. The highest BCUT2D eigenvalue weighted by Gasteiger charge is 2.43. The Hall–Kier alpha value is -2.54. The lowest BCUT2D eigenvalue weighted by atomic mass is 10.2. The number of hydrogen-bond donors (Lipinski definition) is 0. The van der Waals surface area contributed by atoms with Gasteiger partial charge in [0.1, 0.15) is 0 Å². The molecule has 2 atom stereocenters. The standard InChI is InChI=1S/C14H16F6O8/c1-7(27-11(23)13(15,16)17)25-9(21)5-3-4-6-10(22)26-8(2)28-12(24)14(18,19)20/h7-8H,3-6H2,1-2H3. The molecule has 0 aromatic carbocycles. The van der Waals surface area contributed by atoms with Crippen molar-refractivity contribution in [3.8, 4) is 0 Å². The number of carbonyl (C=O) groups excluding carboxylic acids is 4. The van der Waals surface area contributed by atoms with Gasteiger partial charge in [-0.25, -0.2) is 9.59 Å². The Balaban J connectivity index is 4.03. The molecule has 0 N–H and O–H groups in total. The van der Waals surface area contributed by atoms with Crippen LogP contribution >= 0.6 is 0 Å². The van der Waals surface area contributed by atoms with Crippen LogP contribution in [0.15, 0.2) is 0 Å². The number of carbonyl (C=O) groups is 4. The van der Waals surface area contributed by atoms with E-state index in [0.29, 0.717) is 0 Å². The van der Waals surface area contributed by atoms with E-state index in [0.717, 1.165) is 13.8 Å². The van der Waals surface area contributed by atoms with Gasteiger partial charge in [0, 0.05) is 26.7 Å². The molecule has 0 amide bonds. The summed E-state index contributed by atoms with van der Waals surface area (Å²) in [5.74, 6) is -7.08. The van der Waals surface area contributed by atoms with Crippen LogP contribution in [0, 0.1) is 0 Å². The summed E-state index contributed by atoms with van der Waals surface area (Å²) in [6.07, 6.45) is -14.7. The molecule has 2 unspecified atom stereocenters. The molecular weight excluding hydrogens is 410 g/mol. The second-order valence-electron chi connectivity index (χ2n) is 5.13. The van der Waals surface area contributed by atoms with Crippen molar-refractivity contribution in [2.75, 3.05) is 0 Å². The molecule has 0 rings (SSSR count). The molecule has 0 aromatic heterocycles. The Morgan fingerprint density at radius 2 is 0.929 bits per heavy atom. The van der Waals surface area contributed by atoms with Crippen LogP contribution in [-0.4, -0.2) is 48.8 Å². The Bertz CT molecular complexity index is 521. The molecule has 0 bridgehead atoms. The predicted octanol–water partition coefficient (Wildman–Crippen LogP) is 2.54. The lowest BCUT2D eigenvalue weighted by molar-refractivity contribution is -0.223. The molecule has 0 saturated heterocycles. The zero-order valence-corrected chi connectivity index (χ0v) is 14.5. The fraction of sp³-hybridized carbons (Fsp3) is 0.714. The van der Waals surface area contributed by atoms with Crippen molar-refractivity contribution in [3.63, 3.8) is 0 Å². The van der Waals surface area contributed by atoms with Crippen LogP contribution in [-0.2, 0) is 38.1 Å². The van der Waals surface area contributed by atoms with Crippen LogP contribution in [0.2, 0.25) is 0 Å². The second kappa shape index (κ2) is 10.7. The molecule has 0 fully saturated rings. The SMILES string of the molecule is CC(OC(=O)CCCCC(=O)OC(C)OC(=O)C(F)(F)F)OC(=O)C(F)(F)F. The maximum atomic E-state index is 11.9. The van der Waals surface area contributed by atoms with Gasteiger partial charge in [0.2, 0.25) is 12.6 Å². The van der Waals surface area contributed by atoms with Crippen LogP contribution in [0.25, 0.3) is 0 Å². The first-order chi connectivity index (χ1) is 12.6. The van der Waals surface area contributed by atoms with Crippen LogP contribution in [0.5, 0.6) is 0 Å². The van der Waals surface area contributed by atoms with Gasteiger partial charge >= 0.3 is 36.2 Å². The topological polar surface area (TPSA) is 105 Å². The summed E-state index contributed by atoms with van der Waals surface area (Å²) in [5, 5.41) is 0. The van der Waals surface area contributed by atoms with E-state index >= 15 is 0 Å². The highest BCUT2D eigenvalue weighted by atomic mass is 19.4. The largest absolute Gasteiger partial charge is 0.491 e. The molecule has 162 valence electrons. The van der Waals surface area contributed by atoms with Crippen molar-refractivity contribution < 1.29 is 64.5 Å². The number of halogens is 6. The number of rotatable bonds is 9. The predicted molar refractivity (Wildman–Crippen MR) is 73.9 cm³/mol. The number of unbranched alkanes of at least 4 members (excludes halogenated alkanes) is 1. The molecule has 0 aromatic rings. The minimum Gasteiger partial charge on any atom is -0.425 e. The highest BCUT2D eigenvalue weighted by molar-refractivity contribution is 5.76. The average Bonchev–Trinajstić information content (AvgIpc) is 2.49. The smallest absolute Gasteiger partial charge is 0.425 e. The van der Waals surface area contributed by atoms with Crippen LogP contribution in [0.4, 0.5) is 26.3 Å². The minimum absolute atomic E-state index is 0.00455. The Morgan fingerprint density at radius 3 is 1.18 bits per heavy atom. The van der Waals surface area contributed by atoms with Gasteiger partial charge in [-0.2, -0.15) is 26.3 Å². The summed E-state index contributed by atoms with van der Waals surface area (Å²) in [7, 11) is 0. The quantitative estimate of drug-likeness (QED) is 0.240. The lowest BCUT2D eigenvalue weighted by Crippen LogP contribution is -2.31. The van der Waals surface area contributed by atoms with Gasteiger partial charge in [0.05, 0.1) is 0 Å². The van der Waals surface area contributed by atoms with E-state index in [1.54, 1.807) is 0 Å². The van der Waals surface area contributed by atoms with E-state index < -0.39 is 48.8 Å². The summed E-state index contributed by atoms with van der Waals surface area (Å²) >= 11 is 0. The average molecular weight is 426 g/mol. The van der Waals surface area contributed by atoms with Gasteiger partial charge in [-0.3, -0.25) is 9.59 Å². The van der Waals surface area contributed by atoms with Crippen LogP contribution in [0.1, 0.15) is 39.5 Å². The van der Waals surface area contributed by atoms with Crippen molar-refractivity contribution >= 4 is 23.9 Å². The molecule has 0 saturated carbocycles. The van der Waals surface area contributed by atoms with E-state index in [-0.39, 0.29) is 25.7 Å². The maximum Gasteiger partial charge on any atom is 0.491 e. The van der Waals surface area contributed by atoms with Crippen molar-refractivity contribution in [1.82, 2.24) is 0 Å². The molecule has 0 radical (unpaired) electrons. The van der Waals surface area contributed by atoms with Gasteiger partial charge in [-0.1, -0.05) is 0 Å². The van der Waals surface area contributed by atoms with E-state index in [1.807, 2.05) is 0 Å². The Morgan fingerprint density at radius 1 is 0.643 bits per heavy atom. The van der Waals surface area contributed by atoms with Gasteiger partial charge in [-0.15, -0.1) is 0 Å². The van der Waals surface area contributed by atoms with Crippen LogP contribution < -0.4 is 0 Å². The first kappa shape index (κ1) is 25.5. The monoisotopic (exact) mass is 426 g/mol. The zero-order valence-electron chi connectivity index (χ0n) is 14.5. The number of esters is 4. The molecular formula is C14H16F6O8. The molecule has 8 nitrogen and oxygen atoms in total. The van der Waals surface area contributed by atoms with Gasteiger partial charge in [0.25, 0.3) is 0 Å². The normalized spacial score (nSPS) is 13.9. The first-order valence-corrected chi connectivity index (χ1v) is 7.57. The van der Waals surface area contributed by atoms with E-state index in [1.165, 1.54) is 0 Å². The fourth-order valence-electron chi connectivity index (χ4n) is 1.51. The number of ether oxygens (including phenoxy) is 4. The fourth-order valence-corrected chi connectivity index (χ4v) is 1.51. The number of alkyl halides is 6. The Kier molecular flexibility index (Phi) is 9.73. The third kappa shape index (κ3) is 11.2. The molecule has 0 spiro atoms. The third-order valence-electron chi connectivity index (χ3n) is 2.62. The second-order valence-corrected chi connectivity index (χ2v) is 5.13. The third-order valence-corrected chi connectivity index (χ3v) is 2.62. The summed E-state index contributed by atoms with van der Waals surface area (Å²) in [4.78, 5) is 43.7. The summed E-state index contributed by atoms with van der Waals surface area (Å²) in [5.41, 5.74) is 0. The van der Waals surface area contributed by atoms with Crippen molar-refractivity contribution in [2.24, 2.45) is 0 Å². The minimum atomic E-state index is -5.24. The Labute approximate surface area is 154 Å². The van der Waals surface area contributed by atoms with Gasteiger partial charge in [-0.05, 0) is 12.8 Å². The van der Waals surface area contributed by atoms with E-state index in [2.05, 4.69) is 18.9 Å². The molecule has 14 heteroatoms. The van der Waals surface area contributed by atoms with E-state index in [9.17, 15) is 45.5 Å². The molecule has 0 aliphatic heterocycles. The molecule has 0 heterocycles. The summed E-state index contributed by atoms with van der Waals surface area (Å²) in [6.45, 7) is 1.78. The molecule has 0 aliphatic rings. The van der Waals surface area contributed by atoms with Crippen molar-refractivity contribution in [3.05, 3.63) is 0 Å². The zero-order chi connectivity index (χ0) is 22.1. The first-order valence-electron chi connectivity index (χ1n) is 7.57. The van der Waals surface area contributed by atoms with Crippen LogP contribution in [0.3, 0.4) is 0 Å². The van der Waals surface area contributed by atoms with Gasteiger partial charge in [0.15, 0.2) is 0 Å². The van der Waals surface area contributed by atoms with E-state index in [4.69, 9.17) is 0 Å². The highest BCUT2D eigenvalue weighted by Crippen LogP contribution is 2.19. The molecule has 28 heavy (non-hydrogen) atoms. The molecule has 0 aliphatic carbocycles. The van der Waals surface area contributed by atoms with Crippen molar-refractivity contribution in [1.29, 1.82) is 0 Å². The lowest BCUT2D eigenvalue weighted by Gasteiger charge is -2.15. The van der Waals surface area contributed by atoms with Crippen molar-refractivity contribution in [2.45, 2.75) is 64.5 Å². The summed E-state index contributed by atoms with van der Waals surface area (Å²) in [6, 6.07) is 0. The maximum absolute atomic E-state index is 11.9. The number of hydrogen-bond acceptors (Lipinski definition) is 8.